The van der Waals surface area contributed by atoms with E-state index in [9.17, 15) is 9.59 Å². The van der Waals surface area contributed by atoms with E-state index < -0.39 is 11.8 Å². The first-order valence-electron chi connectivity index (χ1n) is 7.99. The van der Waals surface area contributed by atoms with Crippen molar-refractivity contribution in [2.75, 3.05) is 19.7 Å². The second kappa shape index (κ2) is 6.95. The standard InChI is InChI=1S/C18H20N2O3/c1-14-8-4-5-11-19(14)12-6-7-13-23-20-17(21)15-9-2-3-10-16(15)18(20)22/h2-3,9-10,14H,4-5,8,11-13H2,1H3. The Labute approximate surface area is 136 Å². The lowest BCUT2D eigenvalue weighted by Crippen LogP contribution is -2.37. The number of hydroxylamine groups is 2. The van der Waals surface area contributed by atoms with Crippen molar-refractivity contribution in [3.05, 3.63) is 35.4 Å². The van der Waals surface area contributed by atoms with Crippen molar-refractivity contribution >= 4 is 11.8 Å². The molecule has 23 heavy (non-hydrogen) atoms. The van der Waals surface area contributed by atoms with Crippen LogP contribution in [0.5, 0.6) is 0 Å². The zero-order valence-electron chi connectivity index (χ0n) is 13.2. The molecule has 1 unspecified atom stereocenters. The molecule has 0 N–H and O–H groups in total. The zero-order valence-corrected chi connectivity index (χ0v) is 13.2. The summed E-state index contributed by atoms with van der Waals surface area (Å²) in [5.41, 5.74) is 0.764. The van der Waals surface area contributed by atoms with Crippen molar-refractivity contribution in [2.45, 2.75) is 32.2 Å². The van der Waals surface area contributed by atoms with Crippen LogP contribution in [0, 0.1) is 11.8 Å². The van der Waals surface area contributed by atoms with Gasteiger partial charge < -0.3 is 0 Å². The van der Waals surface area contributed by atoms with Gasteiger partial charge in [-0.1, -0.05) is 30.4 Å². The molecular formula is C18H20N2O3. The molecule has 1 fully saturated rings. The minimum atomic E-state index is -0.419. The highest BCUT2D eigenvalue weighted by Crippen LogP contribution is 2.22. The Balaban J connectivity index is 1.51. The summed E-state index contributed by atoms with van der Waals surface area (Å²) in [6, 6.07) is 7.28. The van der Waals surface area contributed by atoms with Gasteiger partial charge in [0.2, 0.25) is 0 Å². The van der Waals surface area contributed by atoms with Gasteiger partial charge in [0.15, 0.2) is 0 Å². The van der Waals surface area contributed by atoms with E-state index in [0.717, 1.165) is 11.6 Å². The number of benzene rings is 1. The topological polar surface area (TPSA) is 49.9 Å². The molecule has 1 aromatic rings. The van der Waals surface area contributed by atoms with Gasteiger partial charge >= 0.3 is 0 Å². The molecule has 0 saturated carbocycles. The van der Waals surface area contributed by atoms with Crippen LogP contribution in [0.3, 0.4) is 0 Å². The lowest BCUT2D eigenvalue weighted by atomic mass is 10.0. The molecule has 5 heteroatoms. The molecular weight excluding hydrogens is 292 g/mol. The van der Waals surface area contributed by atoms with Crippen molar-refractivity contribution in [3.8, 4) is 11.8 Å². The predicted molar refractivity (Wildman–Crippen MR) is 85.6 cm³/mol. The van der Waals surface area contributed by atoms with E-state index >= 15 is 0 Å². The summed E-state index contributed by atoms with van der Waals surface area (Å²) in [6.07, 6.45) is 3.72. The van der Waals surface area contributed by atoms with Gasteiger partial charge in [-0.15, -0.1) is 5.06 Å². The van der Waals surface area contributed by atoms with Gasteiger partial charge in [-0.2, -0.15) is 0 Å². The summed E-state index contributed by atoms with van der Waals surface area (Å²) in [4.78, 5) is 31.8. The SMILES string of the molecule is CC1CCCCN1CC#CCON1C(=O)c2ccccc2C1=O. The second-order valence-electron chi connectivity index (χ2n) is 5.89. The number of rotatable bonds is 3. The first-order chi connectivity index (χ1) is 11.2. The minimum absolute atomic E-state index is 0.0354. The summed E-state index contributed by atoms with van der Waals surface area (Å²) in [5, 5.41) is 0.808. The quantitative estimate of drug-likeness (QED) is 0.633. The average Bonchev–Trinajstić information content (AvgIpc) is 2.81. The molecule has 0 bridgehead atoms. The lowest BCUT2D eigenvalue weighted by Gasteiger charge is -2.31. The highest BCUT2D eigenvalue weighted by molar-refractivity contribution is 6.20. The molecule has 120 valence electrons. The van der Waals surface area contributed by atoms with Gasteiger partial charge in [-0.3, -0.25) is 14.5 Å². The van der Waals surface area contributed by atoms with Gasteiger partial charge in [-0.25, -0.2) is 4.84 Å². The van der Waals surface area contributed by atoms with Gasteiger partial charge in [0.1, 0.15) is 6.61 Å². The largest absolute Gasteiger partial charge is 0.290 e. The van der Waals surface area contributed by atoms with Crippen molar-refractivity contribution < 1.29 is 14.4 Å². The van der Waals surface area contributed by atoms with Gasteiger partial charge in [0.25, 0.3) is 11.8 Å². The number of hydrogen-bond acceptors (Lipinski definition) is 4. The minimum Gasteiger partial charge on any atom is -0.290 e. The maximum atomic E-state index is 12.1. The lowest BCUT2D eigenvalue weighted by molar-refractivity contribution is -0.0782. The number of fused-ring (bicyclic) bond motifs is 1. The summed E-state index contributed by atoms with van der Waals surface area (Å²) in [6.45, 7) is 4.03. The van der Waals surface area contributed by atoms with Crippen LogP contribution in [0.1, 0.15) is 46.9 Å². The molecule has 1 atom stereocenters. The van der Waals surface area contributed by atoms with E-state index in [1.54, 1.807) is 24.3 Å². The Bertz CT molecular complexity index is 639. The summed E-state index contributed by atoms with van der Waals surface area (Å²) in [7, 11) is 0. The number of carbonyl (C=O) groups excluding carboxylic acids is 2. The van der Waals surface area contributed by atoms with Crippen LogP contribution < -0.4 is 0 Å². The third-order valence-corrected chi connectivity index (χ3v) is 4.37. The Morgan fingerprint density at radius 2 is 1.83 bits per heavy atom. The normalized spacial score (nSPS) is 21.1. The highest BCUT2D eigenvalue weighted by Gasteiger charge is 2.36. The number of likely N-dealkylation sites (tertiary alicyclic amines) is 1. The van der Waals surface area contributed by atoms with Crippen LogP contribution in [-0.4, -0.2) is 47.5 Å². The van der Waals surface area contributed by atoms with Crippen molar-refractivity contribution in [1.82, 2.24) is 9.96 Å². The van der Waals surface area contributed by atoms with Crippen molar-refractivity contribution in [3.63, 3.8) is 0 Å². The van der Waals surface area contributed by atoms with Crippen LogP contribution in [-0.2, 0) is 4.84 Å². The van der Waals surface area contributed by atoms with Crippen LogP contribution in [0.25, 0.3) is 0 Å². The smallest absolute Gasteiger partial charge is 0.285 e. The molecule has 0 spiro atoms. The number of hydrogen-bond donors (Lipinski definition) is 0. The maximum Gasteiger partial charge on any atom is 0.285 e. The van der Waals surface area contributed by atoms with Gasteiger partial charge in [-0.05, 0) is 38.4 Å². The third kappa shape index (κ3) is 3.29. The number of amides is 2. The first kappa shape index (κ1) is 15.7. The third-order valence-electron chi connectivity index (χ3n) is 4.37. The van der Waals surface area contributed by atoms with E-state index in [-0.39, 0.29) is 6.61 Å². The fourth-order valence-corrected chi connectivity index (χ4v) is 2.98. The number of carbonyl (C=O) groups is 2. The van der Waals surface area contributed by atoms with Crippen LogP contribution in [0.4, 0.5) is 0 Å². The molecule has 5 nitrogen and oxygen atoms in total. The second-order valence-corrected chi connectivity index (χ2v) is 5.89. The fraction of sp³-hybridized carbons (Fsp3) is 0.444. The Morgan fingerprint density at radius 1 is 1.13 bits per heavy atom. The van der Waals surface area contributed by atoms with Crippen LogP contribution in [0.2, 0.25) is 0 Å². The Hall–Kier alpha value is -2.16. The molecule has 2 amide bonds. The van der Waals surface area contributed by atoms with Gasteiger partial charge in [0.05, 0.1) is 17.7 Å². The van der Waals surface area contributed by atoms with Crippen LogP contribution in [0.15, 0.2) is 24.3 Å². The monoisotopic (exact) mass is 312 g/mol. The summed E-state index contributed by atoms with van der Waals surface area (Å²) >= 11 is 0. The molecule has 2 heterocycles. The average molecular weight is 312 g/mol. The van der Waals surface area contributed by atoms with E-state index in [1.165, 1.54) is 19.3 Å². The summed E-state index contributed by atoms with van der Waals surface area (Å²) in [5.74, 6) is 5.11. The van der Waals surface area contributed by atoms with E-state index in [2.05, 4.69) is 23.7 Å². The molecule has 1 aromatic carbocycles. The molecule has 1 saturated heterocycles. The number of imide groups is 1. The highest BCUT2D eigenvalue weighted by atomic mass is 16.7. The van der Waals surface area contributed by atoms with Crippen LogP contribution >= 0.6 is 0 Å². The molecule has 0 radical (unpaired) electrons. The van der Waals surface area contributed by atoms with E-state index in [4.69, 9.17) is 4.84 Å². The van der Waals surface area contributed by atoms with Gasteiger partial charge in [0, 0.05) is 6.04 Å². The Morgan fingerprint density at radius 3 is 2.48 bits per heavy atom. The van der Waals surface area contributed by atoms with Crippen molar-refractivity contribution in [1.29, 1.82) is 0 Å². The first-order valence-corrected chi connectivity index (χ1v) is 7.99. The molecule has 0 aromatic heterocycles. The zero-order chi connectivity index (χ0) is 16.2. The molecule has 3 rings (SSSR count). The molecule has 2 aliphatic heterocycles. The maximum absolute atomic E-state index is 12.1. The van der Waals surface area contributed by atoms with E-state index in [0.29, 0.717) is 23.7 Å². The van der Waals surface area contributed by atoms with E-state index in [1.807, 2.05) is 0 Å². The fourth-order valence-electron chi connectivity index (χ4n) is 2.98. The molecule has 2 aliphatic rings. The summed E-state index contributed by atoms with van der Waals surface area (Å²) < 4.78 is 0. The molecule has 0 aliphatic carbocycles. The van der Waals surface area contributed by atoms with Crippen molar-refractivity contribution in [2.24, 2.45) is 0 Å². The predicted octanol–water partition coefficient (Wildman–Crippen LogP) is 2.09. The number of piperidine rings is 1. The Kier molecular flexibility index (Phi) is 4.75. The number of nitrogens with zero attached hydrogens (tertiary/aromatic N) is 2.